The van der Waals surface area contributed by atoms with Gasteiger partial charge in [-0.3, -0.25) is 14.4 Å². The molecule has 25 heavy (non-hydrogen) atoms. The van der Waals surface area contributed by atoms with E-state index in [-0.39, 0.29) is 23.6 Å². The number of ether oxygens (including phenoxy) is 1. The van der Waals surface area contributed by atoms with Crippen molar-refractivity contribution in [3.05, 3.63) is 29.8 Å². The van der Waals surface area contributed by atoms with E-state index < -0.39 is 6.04 Å². The van der Waals surface area contributed by atoms with Crippen molar-refractivity contribution in [2.24, 2.45) is 11.7 Å². The van der Waals surface area contributed by atoms with E-state index in [1.54, 1.807) is 12.0 Å². The highest BCUT2D eigenvalue weighted by molar-refractivity contribution is 5.87. The summed E-state index contributed by atoms with van der Waals surface area (Å²) in [5.41, 5.74) is 6.23. The van der Waals surface area contributed by atoms with E-state index in [0.717, 1.165) is 5.56 Å². The second kappa shape index (κ2) is 8.50. The van der Waals surface area contributed by atoms with Crippen LogP contribution in [0.5, 0.6) is 5.75 Å². The van der Waals surface area contributed by atoms with Crippen molar-refractivity contribution in [1.82, 2.24) is 10.2 Å². The van der Waals surface area contributed by atoms with E-state index in [0.29, 0.717) is 38.1 Å². The van der Waals surface area contributed by atoms with Crippen molar-refractivity contribution < 1.29 is 19.1 Å². The van der Waals surface area contributed by atoms with Gasteiger partial charge in [0.05, 0.1) is 7.11 Å². The van der Waals surface area contributed by atoms with Crippen LogP contribution in [0.1, 0.15) is 25.3 Å². The van der Waals surface area contributed by atoms with Crippen molar-refractivity contribution >= 4 is 17.7 Å². The quantitative estimate of drug-likeness (QED) is 0.781. The van der Waals surface area contributed by atoms with Crippen molar-refractivity contribution in [3.63, 3.8) is 0 Å². The first-order valence-electron chi connectivity index (χ1n) is 8.39. The minimum atomic E-state index is -0.644. The molecule has 1 aromatic rings. The van der Waals surface area contributed by atoms with Gasteiger partial charge in [0.1, 0.15) is 11.8 Å². The molecule has 3 amide bonds. The van der Waals surface area contributed by atoms with Crippen molar-refractivity contribution in [3.8, 4) is 5.75 Å². The Labute approximate surface area is 147 Å². The smallest absolute Gasteiger partial charge is 0.245 e. The normalized spacial score (nSPS) is 16.2. The number of benzene rings is 1. The zero-order chi connectivity index (χ0) is 18.4. The van der Waals surface area contributed by atoms with Crippen molar-refractivity contribution in [2.75, 3.05) is 20.2 Å². The largest absolute Gasteiger partial charge is 0.497 e. The summed E-state index contributed by atoms with van der Waals surface area (Å²) in [5.74, 6) is -0.188. The maximum atomic E-state index is 12.8. The summed E-state index contributed by atoms with van der Waals surface area (Å²) in [5, 5.41) is 2.73. The zero-order valence-corrected chi connectivity index (χ0v) is 14.7. The number of nitrogens with one attached hydrogen (secondary N) is 1. The predicted octanol–water partition coefficient (Wildman–Crippen LogP) is 0.466. The minimum Gasteiger partial charge on any atom is -0.497 e. The van der Waals surface area contributed by atoms with E-state index in [2.05, 4.69) is 5.32 Å². The maximum Gasteiger partial charge on any atom is 0.245 e. The highest BCUT2D eigenvalue weighted by Gasteiger charge is 2.30. The van der Waals surface area contributed by atoms with Crippen LogP contribution in [0.25, 0.3) is 0 Å². The fourth-order valence-corrected chi connectivity index (χ4v) is 3.09. The van der Waals surface area contributed by atoms with Crippen LogP contribution in [0.2, 0.25) is 0 Å². The Balaban J connectivity index is 2.07. The number of rotatable bonds is 6. The second-order valence-electron chi connectivity index (χ2n) is 6.31. The molecule has 136 valence electrons. The molecule has 1 saturated heterocycles. The molecular formula is C18H25N3O4. The number of nitrogens with two attached hydrogens (primary N) is 1. The van der Waals surface area contributed by atoms with E-state index in [9.17, 15) is 14.4 Å². The van der Waals surface area contributed by atoms with Crippen molar-refractivity contribution in [1.29, 1.82) is 0 Å². The summed E-state index contributed by atoms with van der Waals surface area (Å²) in [6.07, 6.45) is 1.51. The highest BCUT2D eigenvalue weighted by Crippen LogP contribution is 2.19. The Morgan fingerprint density at radius 3 is 2.56 bits per heavy atom. The molecular weight excluding hydrogens is 322 g/mol. The van der Waals surface area contributed by atoms with Gasteiger partial charge < -0.3 is 20.7 Å². The van der Waals surface area contributed by atoms with Gasteiger partial charge in [-0.25, -0.2) is 0 Å². The van der Waals surface area contributed by atoms with Gasteiger partial charge in [0.15, 0.2) is 0 Å². The van der Waals surface area contributed by atoms with Gasteiger partial charge in [0, 0.05) is 32.4 Å². The van der Waals surface area contributed by atoms with Gasteiger partial charge in [-0.05, 0) is 30.5 Å². The molecule has 0 saturated carbocycles. The molecule has 1 aromatic carbocycles. The lowest BCUT2D eigenvalue weighted by Gasteiger charge is -2.33. The molecule has 0 radical (unpaired) electrons. The van der Waals surface area contributed by atoms with Gasteiger partial charge >= 0.3 is 0 Å². The number of hydrogen-bond donors (Lipinski definition) is 2. The molecule has 0 bridgehead atoms. The molecule has 7 nitrogen and oxygen atoms in total. The van der Waals surface area contributed by atoms with Gasteiger partial charge in [-0.2, -0.15) is 0 Å². The zero-order valence-electron chi connectivity index (χ0n) is 14.7. The molecule has 1 fully saturated rings. The lowest BCUT2D eigenvalue weighted by atomic mass is 9.95. The number of carbonyl (C=O) groups excluding carboxylic acids is 3. The lowest BCUT2D eigenvalue weighted by Crippen LogP contribution is -2.52. The molecule has 0 aromatic heterocycles. The van der Waals surface area contributed by atoms with Crippen LogP contribution in [0.4, 0.5) is 0 Å². The summed E-state index contributed by atoms with van der Waals surface area (Å²) in [6.45, 7) is 2.34. The first kappa shape index (κ1) is 18.8. The Morgan fingerprint density at radius 2 is 2.00 bits per heavy atom. The first-order chi connectivity index (χ1) is 11.9. The maximum absolute atomic E-state index is 12.8. The van der Waals surface area contributed by atoms with E-state index >= 15 is 0 Å². The third-order valence-corrected chi connectivity index (χ3v) is 4.46. The fourth-order valence-electron chi connectivity index (χ4n) is 3.09. The van der Waals surface area contributed by atoms with E-state index in [1.165, 1.54) is 6.92 Å². The predicted molar refractivity (Wildman–Crippen MR) is 92.8 cm³/mol. The van der Waals surface area contributed by atoms with E-state index in [4.69, 9.17) is 10.5 Å². The Morgan fingerprint density at radius 1 is 1.32 bits per heavy atom. The van der Waals surface area contributed by atoms with Gasteiger partial charge in [-0.1, -0.05) is 12.1 Å². The molecule has 0 unspecified atom stereocenters. The SMILES string of the molecule is COc1cccc(C[C@H](NC(C)=O)C(=O)N2CCC(C(N)=O)CC2)c1. The van der Waals surface area contributed by atoms with Gasteiger partial charge in [-0.15, -0.1) is 0 Å². The third kappa shape index (κ3) is 5.20. The number of primary amides is 1. The summed E-state index contributed by atoms with van der Waals surface area (Å²) >= 11 is 0. The van der Waals surface area contributed by atoms with Crippen LogP contribution in [-0.4, -0.2) is 48.9 Å². The molecule has 3 N–H and O–H groups in total. The lowest BCUT2D eigenvalue weighted by molar-refractivity contribution is -0.138. The summed E-state index contributed by atoms with van der Waals surface area (Å²) < 4.78 is 5.20. The topological polar surface area (TPSA) is 102 Å². The monoisotopic (exact) mass is 347 g/mol. The van der Waals surface area contributed by atoms with E-state index in [1.807, 2.05) is 24.3 Å². The summed E-state index contributed by atoms with van der Waals surface area (Å²) in [6, 6.07) is 6.77. The van der Waals surface area contributed by atoms with Crippen molar-refractivity contribution in [2.45, 2.75) is 32.2 Å². The summed E-state index contributed by atoms with van der Waals surface area (Å²) in [7, 11) is 1.58. The third-order valence-electron chi connectivity index (χ3n) is 4.46. The highest BCUT2D eigenvalue weighted by atomic mass is 16.5. The number of carbonyl (C=O) groups is 3. The fraction of sp³-hybridized carbons (Fsp3) is 0.500. The second-order valence-corrected chi connectivity index (χ2v) is 6.31. The molecule has 1 aliphatic rings. The average molecular weight is 347 g/mol. The first-order valence-corrected chi connectivity index (χ1v) is 8.39. The van der Waals surface area contributed by atoms with Crippen LogP contribution >= 0.6 is 0 Å². The molecule has 1 aliphatic heterocycles. The number of nitrogens with zero attached hydrogens (tertiary/aromatic N) is 1. The van der Waals surface area contributed by atoms with Gasteiger partial charge in [0.2, 0.25) is 17.7 Å². The Kier molecular flexibility index (Phi) is 6.38. The molecule has 0 spiro atoms. The van der Waals surface area contributed by atoms with Crippen LogP contribution in [0, 0.1) is 5.92 Å². The molecule has 1 atom stereocenters. The molecule has 1 heterocycles. The Hall–Kier alpha value is -2.57. The average Bonchev–Trinajstić information content (AvgIpc) is 2.60. The molecule has 2 rings (SSSR count). The minimum absolute atomic E-state index is 0.138. The van der Waals surface area contributed by atoms with Crippen LogP contribution < -0.4 is 15.8 Å². The standard InChI is InChI=1S/C18H25N3O4/c1-12(22)20-16(11-13-4-3-5-15(10-13)25-2)18(24)21-8-6-14(7-9-21)17(19)23/h3-5,10,14,16H,6-9,11H2,1-2H3,(H2,19,23)(H,20,22)/t16-/m0/s1. The Bertz CT molecular complexity index is 639. The van der Waals surface area contributed by atoms with Crippen LogP contribution in [0.3, 0.4) is 0 Å². The number of likely N-dealkylation sites (tertiary alicyclic amines) is 1. The molecule has 0 aliphatic carbocycles. The summed E-state index contributed by atoms with van der Waals surface area (Å²) in [4.78, 5) is 37.3. The molecule has 7 heteroatoms. The number of methoxy groups -OCH3 is 1. The van der Waals surface area contributed by atoms with Gasteiger partial charge in [0.25, 0.3) is 0 Å². The number of amides is 3. The van der Waals surface area contributed by atoms with Crippen LogP contribution in [0.15, 0.2) is 24.3 Å². The number of hydrogen-bond acceptors (Lipinski definition) is 4. The number of piperidine rings is 1. The van der Waals surface area contributed by atoms with Crippen LogP contribution in [-0.2, 0) is 20.8 Å².